The highest BCUT2D eigenvalue weighted by Crippen LogP contribution is 2.27. The van der Waals surface area contributed by atoms with Gasteiger partial charge in [-0.05, 0) is 50.1 Å². The van der Waals surface area contributed by atoms with Crippen molar-refractivity contribution in [2.24, 2.45) is 0 Å². The summed E-state index contributed by atoms with van der Waals surface area (Å²) in [5.74, 6) is 0.865. The molecule has 1 N–H and O–H groups in total. The number of aryl methyl sites for hydroxylation is 2. The molecule has 0 unspecified atom stereocenters. The smallest absolute Gasteiger partial charge is 0.238 e. The molecule has 4 rings (SSSR count). The second-order valence-electron chi connectivity index (χ2n) is 7.98. The van der Waals surface area contributed by atoms with Crippen molar-refractivity contribution < 1.29 is 4.79 Å². The number of amides is 1. The largest absolute Gasteiger partial charge is 0.366 e. The van der Waals surface area contributed by atoms with Crippen molar-refractivity contribution in [3.63, 3.8) is 0 Å². The molecule has 162 valence electrons. The molecular formula is C24H30N6O. The summed E-state index contributed by atoms with van der Waals surface area (Å²) in [5.41, 5.74) is 5.40. The second-order valence-corrected chi connectivity index (χ2v) is 7.98. The van der Waals surface area contributed by atoms with Crippen molar-refractivity contribution in [2.75, 3.05) is 42.9 Å². The topological polar surface area (TPSA) is 66.3 Å². The minimum atomic E-state index is 0.0352. The lowest BCUT2D eigenvalue weighted by Gasteiger charge is -2.35. The van der Waals surface area contributed by atoms with Crippen LogP contribution in [0.3, 0.4) is 0 Å². The number of nitrogens with one attached hydrogen (secondary N) is 1. The molecule has 7 nitrogen and oxygen atoms in total. The lowest BCUT2D eigenvalue weighted by atomic mass is 10.1. The van der Waals surface area contributed by atoms with Gasteiger partial charge in [0.2, 0.25) is 5.91 Å². The van der Waals surface area contributed by atoms with Crippen molar-refractivity contribution >= 4 is 17.3 Å². The van der Waals surface area contributed by atoms with Crippen LogP contribution in [0, 0.1) is 13.8 Å². The summed E-state index contributed by atoms with van der Waals surface area (Å²) in [6, 6.07) is 13.9. The highest BCUT2D eigenvalue weighted by Gasteiger charge is 2.24. The van der Waals surface area contributed by atoms with Crippen molar-refractivity contribution in [1.82, 2.24) is 19.7 Å². The Morgan fingerprint density at radius 2 is 1.77 bits per heavy atom. The molecular weight excluding hydrogens is 388 g/mol. The molecule has 0 radical (unpaired) electrons. The van der Waals surface area contributed by atoms with E-state index in [-0.39, 0.29) is 5.91 Å². The number of carbonyl (C=O) groups excluding carboxylic acids is 1. The number of hydrogen-bond acceptors (Lipinski definition) is 5. The number of carbonyl (C=O) groups is 1. The van der Waals surface area contributed by atoms with Gasteiger partial charge < -0.3 is 10.2 Å². The molecule has 1 aromatic carbocycles. The number of hydrogen-bond donors (Lipinski definition) is 1. The van der Waals surface area contributed by atoms with E-state index in [0.29, 0.717) is 6.54 Å². The third-order valence-corrected chi connectivity index (χ3v) is 5.82. The summed E-state index contributed by atoms with van der Waals surface area (Å²) in [7, 11) is 0. The molecule has 0 bridgehead atoms. The fraction of sp³-hybridized carbons (Fsp3) is 0.375. The summed E-state index contributed by atoms with van der Waals surface area (Å²) in [4.78, 5) is 21.5. The van der Waals surface area contributed by atoms with Gasteiger partial charge in [-0.25, -0.2) is 9.67 Å². The van der Waals surface area contributed by atoms with Crippen molar-refractivity contribution in [3.05, 3.63) is 65.6 Å². The van der Waals surface area contributed by atoms with Crippen LogP contribution in [0.4, 0.5) is 11.4 Å². The Morgan fingerprint density at radius 3 is 2.42 bits per heavy atom. The molecule has 2 aromatic heterocycles. The maximum absolute atomic E-state index is 12.5. The Labute approximate surface area is 183 Å². The Bertz CT molecular complexity index is 1020. The number of pyridine rings is 1. The van der Waals surface area contributed by atoms with Crippen LogP contribution < -0.4 is 10.2 Å². The van der Waals surface area contributed by atoms with Crippen LogP contribution in [-0.2, 0) is 11.2 Å². The average molecular weight is 419 g/mol. The SMILES string of the molecule is CCc1ccc(NC(=O)CN2CCN(c3c(C)nn(-c4ccccn4)c3C)CC2)cc1. The van der Waals surface area contributed by atoms with Crippen LogP contribution >= 0.6 is 0 Å². The lowest BCUT2D eigenvalue weighted by Crippen LogP contribution is -2.49. The van der Waals surface area contributed by atoms with Crippen LogP contribution in [-0.4, -0.2) is 58.3 Å². The number of anilines is 2. The standard InChI is InChI=1S/C24H30N6O/c1-4-20-8-10-21(11-9-20)26-23(31)17-28-13-15-29(16-14-28)24-18(2)27-30(19(24)3)22-7-5-6-12-25-22/h5-12H,4,13-17H2,1-3H3,(H,26,31). The average Bonchev–Trinajstić information content (AvgIpc) is 3.09. The molecule has 3 aromatic rings. The van der Waals surface area contributed by atoms with Crippen molar-refractivity contribution in [2.45, 2.75) is 27.2 Å². The van der Waals surface area contributed by atoms with E-state index >= 15 is 0 Å². The molecule has 0 spiro atoms. The van der Waals surface area contributed by atoms with Gasteiger partial charge in [0.1, 0.15) is 0 Å². The summed E-state index contributed by atoms with van der Waals surface area (Å²) in [6.07, 6.45) is 2.78. The number of aromatic nitrogens is 3. The first-order valence-corrected chi connectivity index (χ1v) is 10.9. The van der Waals surface area contributed by atoms with Gasteiger partial charge >= 0.3 is 0 Å². The first-order valence-electron chi connectivity index (χ1n) is 10.9. The normalized spacial score (nSPS) is 14.6. The molecule has 0 atom stereocenters. The van der Waals surface area contributed by atoms with Crippen LogP contribution in [0.25, 0.3) is 5.82 Å². The highest BCUT2D eigenvalue weighted by molar-refractivity contribution is 5.92. The Kier molecular flexibility index (Phi) is 6.32. The zero-order valence-electron chi connectivity index (χ0n) is 18.5. The molecule has 1 aliphatic heterocycles. The quantitative estimate of drug-likeness (QED) is 0.666. The van der Waals surface area contributed by atoms with Crippen LogP contribution in [0.1, 0.15) is 23.9 Å². The van der Waals surface area contributed by atoms with E-state index in [1.807, 2.05) is 41.9 Å². The van der Waals surface area contributed by atoms with Gasteiger partial charge in [-0.15, -0.1) is 0 Å². The monoisotopic (exact) mass is 418 g/mol. The van der Waals surface area contributed by atoms with Gasteiger partial charge in [-0.3, -0.25) is 9.69 Å². The summed E-state index contributed by atoms with van der Waals surface area (Å²) in [6.45, 7) is 10.1. The Morgan fingerprint density at radius 1 is 1.03 bits per heavy atom. The van der Waals surface area contributed by atoms with Gasteiger partial charge in [0, 0.05) is 38.1 Å². The minimum absolute atomic E-state index is 0.0352. The van der Waals surface area contributed by atoms with E-state index in [1.54, 1.807) is 6.20 Å². The first kappa shape index (κ1) is 21.1. The van der Waals surface area contributed by atoms with E-state index in [1.165, 1.54) is 11.3 Å². The maximum atomic E-state index is 12.5. The number of benzene rings is 1. The molecule has 1 saturated heterocycles. The van der Waals surface area contributed by atoms with Gasteiger partial charge in [0.15, 0.2) is 5.82 Å². The third-order valence-electron chi connectivity index (χ3n) is 5.82. The zero-order chi connectivity index (χ0) is 21.8. The molecule has 1 fully saturated rings. The van der Waals surface area contributed by atoms with E-state index in [4.69, 9.17) is 5.10 Å². The molecule has 3 heterocycles. The number of piperazine rings is 1. The highest BCUT2D eigenvalue weighted by atomic mass is 16.2. The molecule has 7 heteroatoms. The molecule has 0 saturated carbocycles. The summed E-state index contributed by atoms with van der Waals surface area (Å²) < 4.78 is 1.91. The van der Waals surface area contributed by atoms with E-state index < -0.39 is 0 Å². The predicted molar refractivity (Wildman–Crippen MR) is 124 cm³/mol. The zero-order valence-corrected chi connectivity index (χ0v) is 18.5. The lowest BCUT2D eigenvalue weighted by molar-refractivity contribution is -0.117. The van der Waals surface area contributed by atoms with Crippen molar-refractivity contribution in [3.8, 4) is 5.82 Å². The predicted octanol–water partition coefficient (Wildman–Crippen LogP) is 3.21. The van der Waals surface area contributed by atoms with E-state index in [2.05, 4.69) is 46.1 Å². The second kappa shape index (κ2) is 9.31. The van der Waals surface area contributed by atoms with Gasteiger partial charge in [-0.1, -0.05) is 25.1 Å². The van der Waals surface area contributed by atoms with E-state index in [9.17, 15) is 4.79 Å². The minimum Gasteiger partial charge on any atom is -0.366 e. The maximum Gasteiger partial charge on any atom is 0.238 e. The Balaban J connectivity index is 1.34. The van der Waals surface area contributed by atoms with Crippen LogP contribution in [0.15, 0.2) is 48.7 Å². The molecule has 1 aliphatic rings. The number of rotatable bonds is 6. The van der Waals surface area contributed by atoms with E-state index in [0.717, 1.165) is 55.5 Å². The van der Waals surface area contributed by atoms with Crippen molar-refractivity contribution in [1.29, 1.82) is 0 Å². The van der Waals surface area contributed by atoms with Gasteiger partial charge in [-0.2, -0.15) is 5.10 Å². The molecule has 0 aliphatic carbocycles. The Hall–Kier alpha value is -3.19. The fourth-order valence-corrected chi connectivity index (χ4v) is 4.15. The van der Waals surface area contributed by atoms with Gasteiger partial charge in [0.25, 0.3) is 0 Å². The summed E-state index contributed by atoms with van der Waals surface area (Å²) >= 11 is 0. The summed E-state index contributed by atoms with van der Waals surface area (Å²) in [5, 5.41) is 7.73. The molecule has 31 heavy (non-hydrogen) atoms. The third kappa shape index (κ3) is 4.77. The van der Waals surface area contributed by atoms with Crippen LogP contribution in [0.2, 0.25) is 0 Å². The first-order chi connectivity index (χ1) is 15.0. The fourth-order valence-electron chi connectivity index (χ4n) is 4.15. The molecule has 1 amide bonds. The van der Waals surface area contributed by atoms with Gasteiger partial charge in [0.05, 0.1) is 23.6 Å². The number of nitrogens with zero attached hydrogens (tertiary/aromatic N) is 5. The van der Waals surface area contributed by atoms with Crippen LogP contribution in [0.5, 0.6) is 0 Å².